The molecule has 4 rings (SSSR count). The summed E-state index contributed by atoms with van der Waals surface area (Å²) in [5.41, 5.74) is 3.08. The normalized spacial score (nSPS) is 11.1. The molecule has 1 aromatic carbocycles. The minimum atomic E-state index is -0.0736. The third-order valence-electron chi connectivity index (χ3n) is 4.44. The molecule has 0 aliphatic carbocycles. The van der Waals surface area contributed by atoms with Crippen LogP contribution in [0.4, 0.5) is 0 Å². The summed E-state index contributed by atoms with van der Waals surface area (Å²) in [6, 6.07) is 18.2. The first-order valence-corrected chi connectivity index (χ1v) is 9.53. The van der Waals surface area contributed by atoms with Crippen molar-refractivity contribution in [1.29, 1.82) is 0 Å². The summed E-state index contributed by atoms with van der Waals surface area (Å²) in [6.45, 7) is 3.06. The second-order valence-electron chi connectivity index (χ2n) is 6.28. The van der Waals surface area contributed by atoms with Gasteiger partial charge in [0.2, 0.25) is 0 Å². The number of carbonyl (C=O) groups excluding carboxylic acids is 1. The Morgan fingerprint density at radius 1 is 1.15 bits per heavy atom. The molecule has 0 spiro atoms. The molecule has 4 aromatic rings. The van der Waals surface area contributed by atoms with Crippen LogP contribution in [0.1, 0.15) is 27.6 Å². The van der Waals surface area contributed by atoms with Crippen LogP contribution in [-0.2, 0) is 19.5 Å². The summed E-state index contributed by atoms with van der Waals surface area (Å²) in [4.78, 5) is 12.8. The molecule has 3 heterocycles. The van der Waals surface area contributed by atoms with E-state index in [2.05, 4.69) is 33.5 Å². The van der Waals surface area contributed by atoms with Gasteiger partial charge in [-0.2, -0.15) is 0 Å². The number of rotatable bonds is 6. The Balaban J connectivity index is 1.53. The van der Waals surface area contributed by atoms with E-state index in [9.17, 15) is 4.79 Å². The van der Waals surface area contributed by atoms with Gasteiger partial charge < -0.3 is 14.3 Å². The van der Waals surface area contributed by atoms with Crippen LogP contribution in [0.5, 0.6) is 0 Å². The molecule has 0 atom stereocenters. The summed E-state index contributed by atoms with van der Waals surface area (Å²) >= 11 is 1.66. The smallest absolute Gasteiger partial charge is 0.268 e. The van der Waals surface area contributed by atoms with Crippen molar-refractivity contribution >= 4 is 27.5 Å². The molecule has 1 N–H and O–H groups in total. The van der Waals surface area contributed by atoms with Gasteiger partial charge in [-0.3, -0.25) is 4.79 Å². The van der Waals surface area contributed by atoms with Crippen molar-refractivity contribution in [3.63, 3.8) is 0 Å². The number of hydrogen-bond acceptors (Lipinski definition) is 3. The minimum Gasteiger partial charge on any atom is -0.465 e. The van der Waals surface area contributed by atoms with Crippen molar-refractivity contribution < 1.29 is 9.21 Å². The number of thiophene rings is 1. The molecule has 0 aliphatic heterocycles. The van der Waals surface area contributed by atoms with Crippen LogP contribution in [-0.4, -0.2) is 10.5 Å². The molecule has 0 saturated heterocycles. The first kappa shape index (κ1) is 16.7. The number of amides is 1. The van der Waals surface area contributed by atoms with Crippen molar-refractivity contribution in [1.82, 2.24) is 9.88 Å². The Kier molecular flexibility index (Phi) is 4.63. The fourth-order valence-corrected chi connectivity index (χ4v) is 3.95. The Bertz CT molecular complexity index is 1030. The number of benzene rings is 1. The monoisotopic (exact) mass is 364 g/mol. The van der Waals surface area contributed by atoms with E-state index in [-0.39, 0.29) is 5.91 Å². The van der Waals surface area contributed by atoms with Gasteiger partial charge in [-0.1, -0.05) is 30.3 Å². The van der Waals surface area contributed by atoms with E-state index < -0.39 is 0 Å². The highest BCUT2D eigenvalue weighted by Crippen LogP contribution is 2.26. The van der Waals surface area contributed by atoms with Gasteiger partial charge in [0, 0.05) is 6.54 Å². The number of nitrogens with zero attached hydrogens (tertiary/aromatic N) is 1. The number of aromatic nitrogens is 1. The van der Waals surface area contributed by atoms with Gasteiger partial charge in [-0.25, -0.2) is 0 Å². The van der Waals surface area contributed by atoms with Gasteiger partial charge in [-0.05, 0) is 48.6 Å². The number of nitrogens with one attached hydrogen (secondary N) is 1. The van der Waals surface area contributed by atoms with E-state index in [0.717, 1.165) is 34.7 Å². The van der Waals surface area contributed by atoms with Crippen LogP contribution in [0.25, 0.3) is 10.2 Å². The van der Waals surface area contributed by atoms with Crippen LogP contribution in [0, 0.1) is 6.92 Å². The zero-order chi connectivity index (χ0) is 17.9. The molecule has 3 aromatic heterocycles. The van der Waals surface area contributed by atoms with Crippen molar-refractivity contribution in [2.75, 3.05) is 0 Å². The number of furan rings is 1. The lowest BCUT2D eigenvalue weighted by Crippen LogP contribution is -2.25. The van der Waals surface area contributed by atoms with Crippen LogP contribution >= 0.6 is 11.3 Å². The first-order chi connectivity index (χ1) is 12.7. The molecule has 1 amide bonds. The zero-order valence-electron chi connectivity index (χ0n) is 14.6. The lowest BCUT2D eigenvalue weighted by Gasteiger charge is -2.10. The van der Waals surface area contributed by atoms with Gasteiger partial charge in [0.1, 0.15) is 17.2 Å². The molecule has 0 saturated carbocycles. The minimum absolute atomic E-state index is 0.0736. The van der Waals surface area contributed by atoms with Crippen molar-refractivity contribution in [3.8, 4) is 0 Å². The zero-order valence-corrected chi connectivity index (χ0v) is 15.4. The molecular weight excluding hydrogens is 344 g/mol. The Morgan fingerprint density at radius 2 is 2.00 bits per heavy atom. The standard InChI is InChI=1S/C21H20N2O2S/c1-15-7-8-17(25-15)14-22-21(24)19-13-20-18(10-12-26-20)23(19)11-9-16-5-3-2-4-6-16/h2-8,10,12-13H,9,11,14H2,1H3,(H,22,24). The predicted octanol–water partition coefficient (Wildman–Crippen LogP) is 4.78. The molecular formula is C21H20N2O2S. The van der Waals surface area contributed by atoms with Gasteiger partial charge >= 0.3 is 0 Å². The Morgan fingerprint density at radius 3 is 2.77 bits per heavy atom. The van der Waals surface area contributed by atoms with Gasteiger partial charge in [0.05, 0.1) is 16.8 Å². The van der Waals surface area contributed by atoms with Crippen LogP contribution < -0.4 is 5.32 Å². The maximum atomic E-state index is 12.8. The second-order valence-corrected chi connectivity index (χ2v) is 7.23. The second kappa shape index (κ2) is 7.22. The van der Waals surface area contributed by atoms with Crippen molar-refractivity contribution in [3.05, 3.63) is 82.8 Å². The van der Waals surface area contributed by atoms with E-state index >= 15 is 0 Å². The average Bonchev–Trinajstić information content (AvgIpc) is 3.35. The quantitative estimate of drug-likeness (QED) is 0.535. The highest BCUT2D eigenvalue weighted by atomic mass is 32.1. The molecule has 132 valence electrons. The van der Waals surface area contributed by atoms with Crippen LogP contribution in [0.15, 0.2) is 64.4 Å². The lowest BCUT2D eigenvalue weighted by molar-refractivity contribution is 0.0939. The molecule has 5 heteroatoms. The predicted molar refractivity (Wildman–Crippen MR) is 105 cm³/mol. The Hall–Kier alpha value is -2.79. The summed E-state index contributed by atoms with van der Waals surface area (Å²) in [7, 11) is 0. The van der Waals surface area contributed by atoms with Crippen molar-refractivity contribution in [2.24, 2.45) is 0 Å². The molecule has 0 fully saturated rings. The van der Waals surface area contributed by atoms with E-state index in [1.807, 2.05) is 43.3 Å². The fraction of sp³-hybridized carbons (Fsp3) is 0.190. The molecule has 0 unspecified atom stereocenters. The van der Waals surface area contributed by atoms with Crippen molar-refractivity contribution in [2.45, 2.75) is 26.4 Å². The van der Waals surface area contributed by atoms with E-state index in [1.165, 1.54) is 5.56 Å². The van der Waals surface area contributed by atoms with E-state index in [4.69, 9.17) is 4.42 Å². The molecule has 0 aliphatic rings. The highest BCUT2D eigenvalue weighted by molar-refractivity contribution is 7.17. The molecule has 4 nitrogen and oxygen atoms in total. The largest absolute Gasteiger partial charge is 0.465 e. The maximum absolute atomic E-state index is 12.8. The average molecular weight is 364 g/mol. The molecule has 0 radical (unpaired) electrons. The Labute approximate surface area is 156 Å². The maximum Gasteiger partial charge on any atom is 0.268 e. The van der Waals surface area contributed by atoms with Crippen LogP contribution in [0.3, 0.4) is 0 Å². The van der Waals surface area contributed by atoms with Crippen LogP contribution in [0.2, 0.25) is 0 Å². The molecule has 0 bridgehead atoms. The number of carbonyl (C=O) groups is 1. The van der Waals surface area contributed by atoms with Gasteiger partial charge in [0.15, 0.2) is 0 Å². The summed E-state index contributed by atoms with van der Waals surface area (Å²) in [6.07, 6.45) is 0.887. The third-order valence-corrected chi connectivity index (χ3v) is 5.29. The lowest BCUT2D eigenvalue weighted by atomic mass is 10.1. The number of aryl methyl sites for hydroxylation is 3. The SMILES string of the molecule is Cc1ccc(CNC(=O)c2cc3sccc3n2CCc2ccccc2)o1. The van der Waals surface area contributed by atoms with Gasteiger partial charge in [-0.15, -0.1) is 11.3 Å². The molecule has 26 heavy (non-hydrogen) atoms. The van der Waals surface area contributed by atoms with E-state index in [0.29, 0.717) is 12.2 Å². The number of fused-ring (bicyclic) bond motifs is 1. The summed E-state index contributed by atoms with van der Waals surface area (Å²) in [5, 5.41) is 5.04. The van der Waals surface area contributed by atoms with E-state index in [1.54, 1.807) is 11.3 Å². The highest BCUT2D eigenvalue weighted by Gasteiger charge is 2.16. The third kappa shape index (κ3) is 3.44. The summed E-state index contributed by atoms with van der Waals surface area (Å²) in [5.74, 6) is 1.54. The summed E-state index contributed by atoms with van der Waals surface area (Å²) < 4.78 is 8.78. The first-order valence-electron chi connectivity index (χ1n) is 8.65. The fourth-order valence-electron chi connectivity index (χ4n) is 3.13. The van der Waals surface area contributed by atoms with Gasteiger partial charge in [0.25, 0.3) is 5.91 Å². The number of hydrogen-bond donors (Lipinski definition) is 1. The topological polar surface area (TPSA) is 47.2 Å².